The fourth-order valence-electron chi connectivity index (χ4n) is 2.08. The molecule has 5 nitrogen and oxygen atoms in total. The number of benzene rings is 2. The van der Waals surface area contributed by atoms with Gasteiger partial charge in [0.2, 0.25) is 0 Å². The van der Waals surface area contributed by atoms with Gasteiger partial charge in [-0.05, 0) is 36.4 Å². The first-order valence-corrected chi connectivity index (χ1v) is 7.91. The van der Waals surface area contributed by atoms with Crippen molar-refractivity contribution in [2.75, 3.05) is 26.8 Å². The van der Waals surface area contributed by atoms with Gasteiger partial charge in [-0.2, -0.15) is 0 Å². The number of carbonyl (C=O) groups is 2. The Hall–Kier alpha value is -2.89. The number of rotatable bonds is 8. The Balaban J connectivity index is 1.63. The molecule has 0 aliphatic heterocycles. The fraction of sp³-hybridized carbons (Fsp3) is 0.263. The zero-order valence-corrected chi connectivity index (χ0v) is 14.0. The number of nitrogens with zero attached hydrogens (tertiary/aromatic N) is 1. The smallest absolute Gasteiger partial charge is 0.325 e. The van der Waals surface area contributed by atoms with Crippen LogP contribution in [0.4, 0.5) is 4.39 Å². The number of hydrogen-bond acceptors (Lipinski definition) is 4. The maximum absolute atomic E-state index is 12.7. The molecule has 0 heterocycles. The van der Waals surface area contributed by atoms with E-state index in [4.69, 9.17) is 9.47 Å². The second-order valence-electron chi connectivity index (χ2n) is 5.40. The Bertz CT molecular complexity index is 688. The van der Waals surface area contributed by atoms with Gasteiger partial charge in [0.1, 0.15) is 18.1 Å². The molecule has 0 spiro atoms. The molecule has 0 aliphatic carbocycles. The predicted molar refractivity (Wildman–Crippen MR) is 90.9 cm³/mol. The van der Waals surface area contributed by atoms with Crippen LogP contribution in [-0.2, 0) is 9.53 Å². The van der Waals surface area contributed by atoms with E-state index in [1.54, 1.807) is 31.3 Å². The van der Waals surface area contributed by atoms with Gasteiger partial charge in [0, 0.05) is 19.0 Å². The van der Waals surface area contributed by atoms with Crippen molar-refractivity contribution in [2.24, 2.45) is 0 Å². The molecule has 0 bridgehead atoms. The summed E-state index contributed by atoms with van der Waals surface area (Å²) < 4.78 is 23.2. The van der Waals surface area contributed by atoms with Crippen molar-refractivity contribution in [2.45, 2.75) is 6.42 Å². The first-order chi connectivity index (χ1) is 12.1. The molecular weight excluding hydrogens is 325 g/mol. The molecule has 0 radical (unpaired) electrons. The van der Waals surface area contributed by atoms with Gasteiger partial charge in [-0.25, -0.2) is 4.39 Å². The van der Waals surface area contributed by atoms with Gasteiger partial charge >= 0.3 is 5.97 Å². The lowest BCUT2D eigenvalue weighted by Gasteiger charge is -2.16. The number of halogens is 1. The van der Waals surface area contributed by atoms with E-state index >= 15 is 0 Å². The molecule has 1 amide bonds. The molecule has 0 N–H and O–H groups in total. The summed E-state index contributed by atoms with van der Waals surface area (Å²) in [6, 6.07) is 14.4. The summed E-state index contributed by atoms with van der Waals surface area (Å²) in [6.45, 7) is 0.414. The minimum absolute atomic E-state index is 0.119. The van der Waals surface area contributed by atoms with E-state index in [9.17, 15) is 14.0 Å². The SMILES string of the molecule is CN(CC(=O)OCCCOc1ccc(F)cc1)C(=O)c1ccccc1. The number of ether oxygens (including phenoxy) is 2. The van der Waals surface area contributed by atoms with E-state index in [1.807, 2.05) is 6.07 Å². The van der Waals surface area contributed by atoms with Crippen molar-refractivity contribution < 1.29 is 23.5 Å². The molecule has 2 aromatic carbocycles. The Kier molecular flexibility index (Phi) is 6.95. The number of hydrogen-bond donors (Lipinski definition) is 0. The zero-order valence-electron chi connectivity index (χ0n) is 14.0. The van der Waals surface area contributed by atoms with Gasteiger partial charge in [0.25, 0.3) is 5.91 Å². The molecule has 2 aromatic rings. The van der Waals surface area contributed by atoms with Crippen molar-refractivity contribution in [3.8, 4) is 5.75 Å². The van der Waals surface area contributed by atoms with Crippen LogP contribution in [0.2, 0.25) is 0 Å². The van der Waals surface area contributed by atoms with Crippen LogP contribution in [0.1, 0.15) is 16.8 Å². The standard InChI is InChI=1S/C19H20FNO4/c1-21(19(23)15-6-3-2-4-7-15)14-18(22)25-13-5-12-24-17-10-8-16(20)9-11-17/h2-4,6-11H,5,12-14H2,1H3. The van der Waals surface area contributed by atoms with Crippen molar-refractivity contribution in [1.82, 2.24) is 4.90 Å². The van der Waals surface area contributed by atoms with Crippen LogP contribution in [0.25, 0.3) is 0 Å². The Morgan fingerprint density at radius 2 is 1.68 bits per heavy atom. The molecule has 132 valence electrons. The van der Waals surface area contributed by atoms with Crippen LogP contribution in [0, 0.1) is 5.82 Å². The minimum Gasteiger partial charge on any atom is -0.493 e. The summed E-state index contributed by atoms with van der Waals surface area (Å²) in [6.07, 6.45) is 0.499. The Labute approximate surface area is 146 Å². The molecule has 2 rings (SSSR count). The average molecular weight is 345 g/mol. The second kappa shape index (κ2) is 9.42. The zero-order chi connectivity index (χ0) is 18.1. The van der Waals surface area contributed by atoms with E-state index in [0.29, 0.717) is 24.3 Å². The molecule has 0 fully saturated rings. The molecule has 0 aromatic heterocycles. The normalized spacial score (nSPS) is 10.2. The topological polar surface area (TPSA) is 55.8 Å². The molecule has 25 heavy (non-hydrogen) atoms. The highest BCUT2D eigenvalue weighted by Gasteiger charge is 2.15. The van der Waals surface area contributed by atoms with E-state index in [0.717, 1.165) is 0 Å². The maximum Gasteiger partial charge on any atom is 0.325 e. The fourth-order valence-corrected chi connectivity index (χ4v) is 2.08. The van der Waals surface area contributed by atoms with Crippen molar-refractivity contribution >= 4 is 11.9 Å². The molecular formula is C19H20FNO4. The summed E-state index contributed by atoms with van der Waals surface area (Å²) in [5.41, 5.74) is 0.519. The van der Waals surface area contributed by atoms with Crippen LogP contribution >= 0.6 is 0 Å². The van der Waals surface area contributed by atoms with Gasteiger partial charge in [0.15, 0.2) is 0 Å². The number of carbonyl (C=O) groups excluding carboxylic acids is 2. The molecule has 0 aliphatic rings. The lowest BCUT2D eigenvalue weighted by molar-refractivity contribution is -0.144. The first kappa shape index (κ1) is 18.4. The van der Waals surface area contributed by atoms with E-state index in [1.165, 1.54) is 29.2 Å². The third-order valence-electron chi connectivity index (χ3n) is 3.37. The van der Waals surface area contributed by atoms with Gasteiger partial charge in [-0.1, -0.05) is 18.2 Å². The molecule has 0 saturated heterocycles. The van der Waals surface area contributed by atoms with E-state index in [-0.39, 0.29) is 24.9 Å². The van der Waals surface area contributed by atoms with E-state index in [2.05, 4.69) is 0 Å². The Morgan fingerprint density at radius 3 is 2.36 bits per heavy atom. The quantitative estimate of drug-likeness (QED) is 0.545. The first-order valence-electron chi connectivity index (χ1n) is 7.91. The second-order valence-corrected chi connectivity index (χ2v) is 5.40. The van der Waals surface area contributed by atoms with Gasteiger partial charge in [0.05, 0.1) is 13.2 Å². The van der Waals surface area contributed by atoms with Gasteiger partial charge in [-0.3, -0.25) is 9.59 Å². The van der Waals surface area contributed by atoms with Crippen molar-refractivity contribution in [3.05, 3.63) is 66.0 Å². The van der Waals surface area contributed by atoms with Crippen LogP contribution < -0.4 is 4.74 Å². The monoisotopic (exact) mass is 345 g/mol. The van der Waals surface area contributed by atoms with Crippen molar-refractivity contribution in [3.63, 3.8) is 0 Å². The minimum atomic E-state index is -0.478. The number of esters is 1. The number of amides is 1. The third kappa shape index (κ3) is 6.25. The van der Waals surface area contributed by atoms with Crippen LogP contribution in [0.3, 0.4) is 0 Å². The summed E-state index contributed by atoms with van der Waals surface area (Å²) in [4.78, 5) is 25.2. The number of likely N-dealkylation sites (N-methyl/N-ethyl adjacent to an activating group) is 1. The van der Waals surface area contributed by atoms with Crippen molar-refractivity contribution in [1.29, 1.82) is 0 Å². The average Bonchev–Trinajstić information content (AvgIpc) is 2.63. The van der Waals surface area contributed by atoms with Gasteiger partial charge in [-0.15, -0.1) is 0 Å². The maximum atomic E-state index is 12.7. The van der Waals surface area contributed by atoms with Crippen LogP contribution in [0.15, 0.2) is 54.6 Å². The Morgan fingerprint density at radius 1 is 1.00 bits per heavy atom. The molecule has 0 saturated carbocycles. The van der Waals surface area contributed by atoms with Crippen LogP contribution in [0.5, 0.6) is 5.75 Å². The summed E-state index contributed by atoms with van der Waals surface area (Å²) in [5.74, 6) is -0.484. The highest BCUT2D eigenvalue weighted by Crippen LogP contribution is 2.11. The summed E-state index contributed by atoms with van der Waals surface area (Å²) in [5, 5.41) is 0. The van der Waals surface area contributed by atoms with Crippen LogP contribution in [-0.4, -0.2) is 43.6 Å². The summed E-state index contributed by atoms with van der Waals surface area (Å²) >= 11 is 0. The van der Waals surface area contributed by atoms with E-state index < -0.39 is 5.97 Å². The van der Waals surface area contributed by atoms with Gasteiger partial charge < -0.3 is 14.4 Å². The third-order valence-corrected chi connectivity index (χ3v) is 3.37. The molecule has 0 atom stereocenters. The largest absolute Gasteiger partial charge is 0.493 e. The lowest BCUT2D eigenvalue weighted by Crippen LogP contribution is -2.33. The highest BCUT2D eigenvalue weighted by atomic mass is 19.1. The molecule has 0 unspecified atom stereocenters. The molecule has 6 heteroatoms. The lowest BCUT2D eigenvalue weighted by atomic mass is 10.2. The highest BCUT2D eigenvalue weighted by molar-refractivity contribution is 5.95. The summed E-state index contributed by atoms with van der Waals surface area (Å²) in [7, 11) is 1.55. The predicted octanol–water partition coefficient (Wildman–Crippen LogP) is 2.91.